The predicted octanol–water partition coefficient (Wildman–Crippen LogP) is 3.58. The standard InChI is InChI=1S/C25H46N2O4/c1-24(2,26)17-27(28)14-13-18-7-11-23(12-8-18)30-31-25(29-3)21-5-4-6-22(25)16-20-15-19(20)9-10-21/h18-23,27H,4-17,26H2,1-3H3/t18?,19?,20-,21?,22+,23?,25+/m0/s1. The van der Waals surface area contributed by atoms with E-state index in [0.29, 0.717) is 35.9 Å². The maximum atomic E-state index is 12.1. The summed E-state index contributed by atoms with van der Waals surface area (Å²) in [5.74, 6) is 2.88. The van der Waals surface area contributed by atoms with Gasteiger partial charge in [-0.15, -0.1) is 0 Å². The highest BCUT2D eigenvalue weighted by Gasteiger charge is 2.55. The van der Waals surface area contributed by atoms with Crippen molar-refractivity contribution in [2.45, 2.75) is 108 Å². The molecule has 0 aliphatic heterocycles. The Kier molecular flexibility index (Phi) is 7.67. The first-order valence-corrected chi connectivity index (χ1v) is 13.0. The molecule has 4 saturated carbocycles. The average Bonchev–Trinajstić information content (AvgIpc) is 3.47. The van der Waals surface area contributed by atoms with Crippen molar-refractivity contribution in [1.82, 2.24) is 0 Å². The summed E-state index contributed by atoms with van der Waals surface area (Å²) >= 11 is 0. The highest BCUT2D eigenvalue weighted by Crippen LogP contribution is 2.56. The van der Waals surface area contributed by atoms with Crippen LogP contribution in [0.1, 0.15) is 90.9 Å². The number of ether oxygens (including phenoxy) is 1. The number of quaternary nitrogens is 1. The van der Waals surface area contributed by atoms with Crippen molar-refractivity contribution >= 4 is 0 Å². The van der Waals surface area contributed by atoms with Crippen LogP contribution in [0, 0.1) is 34.8 Å². The van der Waals surface area contributed by atoms with Crippen LogP contribution in [-0.4, -0.2) is 37.6 Å². The van der Waals surface area contributed by atoms with Gasteiger partial charge in [0.1, 0.15) is 0 Å². The number of hydrogen-bond donors (Lipinski definition) is 2. The van der Waals surface area contributed by atoms with Crippen molar-refractivity contribution in [3.8, 4) is 0 Å². The predicted molar refractivity (Wildman–Crippen MR) is 121 cm³/mol. The van der Waals surface area contributed by atoms with Crippen LogP contribution in [0.2, 0.25) is 0 Å². The Morgan fingerprint density at radius 3 is 2.42 bits per heavy atom. The second kappa shape index (κ2) is 9.94. The number of nitrogens with two attached hydrogens (primary N) is 1. The molecule has 0 aromatic carbocycles. The molecule has 4 rings (SSSR count). The summed E-state index contributed by atoms with van der Waals surface area (Å²) in [6, 6.07) is 0. The van der Waals surface area contributed by atoms with E-state index >= 15 is 0 Å². The second-order valence-corrected chi connectivity index (χ2v) is 11.9. The quantitative estimate of drug-likeness (QED) is 0.327. The molecule has 3 unspecified atom stereocenters. The number of methoxy groups -OCH3 is 1. The maximum absolute atomic E-state index is 12.1. The summed E-state index contributed by atoms with van der Waals surface area (Å²) in [6.07, 6.45) is 14.3. The zero-order valence-corrected chi connectivity index (χ0v) is 20.1. The van der Waals surface area contributed by atoms with Crippen molar-refractivity contribution in [3.63, 3.8) is 0 Å². The molecule has 0 aromatic rings. The number of hydrogen-bond acceptors (Lipinski definition) is 5. The maximum Gasteiger partial charge on any atom is 0.207 e. The summed E-state index contributed by atoms with van der Waals surface area (Å²) < 4.78 is 6.17. The molecule has 0 aromatic heterocycles. The third kappa shape index (κ3) is 6.01. The highest BCUT2D eigenvalue weighted by molar-refractivity contribution is 4.99. The molecule has 6 heteroatoms. The minimum Gasteiger partial charge on any atom is -0.634 e. The van der Waals surface area contributed by atoms with Crippen LogP contribution in [0.3, 0.4) is 0 Å². The molecule has 4 aliphatic carbocycles. The van der Waals surface area contributed by atoms with Crippen LogP contribution in [0.5, 0.6) is 0 Å². The number of rotatable bonds is 9. The minimum atomic E-state index is -0.538. The van der Waals surface area contributed by atoms with E-state index in [1.807, 2.05) is 21.0 Å². The van der Waals surface area contributed by atoms with E-state index < -0.39 is 11.3 Å². The largest absolute Gasteiger partial charge is 0.634 e. The fourth-order valence-electron chi connectivity index (χ4n) is 6.83. The molecule has 6 nitrogen and oxygen atoms in total. The van der Waals surface area contributed by atoms with Gasteiger partial charge in [-0.1, -0.05) is 6.42 Å². The molecule has 6 atom stereocenters. The van der Waals surface area contributed by atoms with Crippen molar-refractivity contribution in [2.75, 3.05) is 20.2 Å². The summed E-state index contributed by atoms with van der Waals surface area (Å²) in [4.78, 5) is 12.5. The SMILES string of the molecule is CO[C@@]1(OOC2CCC(CC[NH+]([O-])CC(C)(C)N)CC2)C2CCC[C@@H]1C[C@@H]1CC1CC2. The number of nitrogens with one attached hydrogen (secondary N) is 1. The number of fused-ring (bicyclic) bond motifs is 3. The first-order chi connectivity index (χ1) is 14.8. The molecule has 4 fully saturated rings. The highest BCUT2D eigenvalue weighted by atomic mass is 17.2. The molecule has 0 amide bonds. The lowest BCUT2D eigenvalue weighted by molar-refractivity contribution is -0.852. The molecule has 0 radical (unpaired) electrons. The van der Waals surface area contributed by atoms with Gasteiger partial charge >= 0.3 is 0 Å². The lowest BCUT2D eigenvalue weighted by atomic mass is 9.70. The van der Waals surface area contributed by atoms with E-state index in [0.717, 1.165) is 43.9 Å². The van der Waals surface area contributed by atoms with Gasteiger partial charge in [0.05, 0.1) is 24.7 Å². The number of hydroxylamine groups is 2. The van der Waals surface area contributed by atoms with Crippen LogP contribution in [-0.2, 0) is 14.5 Å². The smallest absolute Gasteiger partial charge is 0.207 e. The zero-order valence-electron chi connectivity index (χ0n) is 20.1. The van der Waals surface area contributed by atoms with Gasteiger partial charge in [-0.2, -0.15) is 0 Å². The Morgan fingerprint density at radius 2 is 1.71 bits per heavy atom. The van der Waals surface area contributed by atoms with Gasteiger partial charge in [0.15, 0.2) is 0 Å². The molecule has 2 bridgehead atoms. The molecular formula is C25H46N2O4. The van der Waals surface area contributed by atoms with Gasteiger partial charge in [-0.3, -0.25) is 0 Å². The molecule has 4 aliphatic rings. The Morgan fingerprint density at radius 1 is 0.968 bits per heavy atom. The lowest BCUT2D eigenvalue weighted by Gasteiger charge is -2.48. The normalized spacial score (nSPS) is 41.7. The first kappa shape index (κ1) is 23.9. The summed E-state index contributed by atoms with van der Waals surface area (Å²) in [5.41, 5.74) is 5.58. The zero-order chi connectivity index (χ0) is 22.1. The van der Waals surface area contributed by atoms with E-state index in [1.54, 1.807) is 0 Å². The van der Waals surface area contributed by atoms with Crippen LogP contribution >= 0.6 is 0 Å². The van der Waals surface area contributed by atoms with Crippen LogP contribution in [0.15, 0.2) is 0 Å². The topological polar surface area (TPSA) is 81.2 Å². The van der Waals surface area contributed by atoms with Crippen LogP contribution in [0.4, 0.5) is 0 Å². The molecule has 31 heavy (non-hydrogen) atoms. The van der Waals surface area contributed by atoms with Gasteiger partial charge < -0.3 is 20.7 Å². The van der Waals surface area contributed by atoms with E-state index in [2.05, 4.69) is 0 Å². The third-order valence-electron chi connectivity index (χ3n) is 8.70. The van der Waals surface area contributed by atoms with Gasteiger partial charge in [-0.05, 0) is 102 Å². The minimum absolute atomic E-state index is 0.154. The second-order valence-electron chi connectivity index (χ2n) is 11.9. The average molecular weight is 439 g/mol. The molecule has 180 valence electrons. The van der Waals surface area contributed by atoms with Gasteiger partial charge in [-0.25, -0.2) is 9.78 Å². The van der Waals surface area contributed by atoms with Crippen molar-refractivity contribution < 1.29 is 19.6 Å². The summed E-state index contributed by atoms with van der Waals surface area (Å²) in [6.45, 7) is 4.98. The van der Waals surface area contributed by atoms with Crippen molar-refractivity contribution in [2.24, 2.45) is 35.3 Å². The molecular weight excluding hydrogens is 392 g/mol. The fraction of sp³-hybridized carbons (Fsp3) is 1.00. The Hall–Kier alpha value is -0.240. The first-order valence-electron chi connectivity index (χ1n) is 13.0. The van der Waals surface area contributed by atoms with E-state index in [-0.39, 0.29) is 6.10 Å². The summed E-state index contributed by atoms with van der Waals surface area (Å²) in [5, 5.41) is 12.4. The van der Waals surface area contributed by atoms with E-state index in [1.165, 1.54) is 44.9 Å². The van der Waals surface area contributed by atoms with Crippen molar-refractivity contribution in [1.29, 1.82) is 0 Å². The summed E-state index contributed by atoms with van der Waals surface area (Å²) in [7, 11) is 1.83. The Bertz CT molecular complexity index is 574. The van der Waals surface area contributed by atoms with Gasteiger partial charge in [0.2, 0.25) is 5.79 Å². The Labute approximate surface area is 189 Å². The van der Waals surface area contributed by atoms with Crippen LogP contribution < -0.4 is 10.8 Å². The third-order valence-corrected chi connectivity index (χ3v) is 8.70. The van der Waals surface area contributed by atoms with E-state index in [9.17, 15) is 5.21 Å². The lowest BCUT2D eigenvalue weighted by Crippen LogP contribution is -3.09. The van der Waals surface area contributed by atoms with Crippen molar-refractivity contribution in [3.05, 3.63) is 5.21 Å². The van der Waals surface area contributed by atoms with Crippen LogP contribution in [0.25, 0.3) is 0 Å². The Balaban J connectivity index is 1.24. The fourth-order valence-corrected chi connectivity index (χ4v) is 6.83. The monoisotopic (exact) mass is 438 g/mol. The molecule has 0 spiro atoms. The molecule has 0 saturated heterocycles. The van der Waals surface area contributed by atoms with Gasteiger partial charge in [0, 0.05) is 18.9 Å². The van der Waals surface area contributed by atoms with Gasteiger partial charge in [0.25, 0.3) is 0 Å². The molecule has 3 N–H and O–H groups in total. The van der Waals surface area contributed by atoms with E-state index in [4.69, 9.17) is 20.2 Å². The molecule has 0 heterocycles.